The summed E-state index contributed by atoms with van der Waals surface area (Å²) in [6, 6.07) is 0. The maximum Gasteiger partial charge on any atom is 0.407 e. The zero-order valence-corrected chi connectivity index (χ0v) is 13.3. The third-order valence-corrected chi connectivity index (χ3v) is 3.61. The Balaban J connectivity index is 2.08. The van der Waals surface area contributed by atoms with E-state index in [0.717, 1.165) is 44.9 Å². The van der Waals surface area contributed by atoms with Crippen molar-refractivity contribution in [3.63, 3.8) is 0 Å². The first-order valence-corrected chi connectivity index (χ1v) is 7.80. The summed E-state index contributed by atoms with van der Waals surface area (Å²) in [6.07, 6.45) is 4.27. The van der Waals surface area contributed by atoms with Gasteiger partial charge in [0.1, 0.15) is 5.60 Å². The third kappa shape index (κ3) is 7.70. The summed E-state index contributed by atoms with van der Waals surface area (Å²) < 4.78 is 5.22. The molecular weight excluding hydrogens is 254 g/mol. The van der Waals surface area contributed by atoms with Crippen LogP contribution in [-0.4, -0.2) is 49.3 Å². The van der Waals surface area contributed by atoms with Crippen molar-refractivity contribution in [3.05, 3.63) is 0 Å². The lowest BCUT2D eigenvalue weighted by molar-refractivity contribution is 0.0522. The maximum atomic E-state index is 11.5. The molecule has 20 heavy (non-hydrogen) atoms. The minimum atomic E-state index is -0.418. The highest BCUT2D eigenvalue weighted by atomic mass is 16.6. The molecule has 5 nitrogen and oxygen atoms in total. The summed E-state index contributed by atoms with van der Waals surface area (Å²) >= 11 is 0. The predicted molar refractivity (Wildman–Crippen MR) is 81.7 cm³/mol. The Labute approximate surface area is 123 Å². The fourth-order valence-electron chi connectivity index (χ4n) is 2.51. The highest BCUT2D eigenvalue weighted by molar-refractivity contribution is 5.67. The summed E-state index contributed by atoms with van der Waals surface area (Å²) in [7, 11) is 0. The van der Waals surface area contributed by atoms with E-state index in [2.05, 4.69) is 10.2 Å². The van der Waals surface area contributed by atoms with Gasteiger partial charge in [-0.25, -0.2) is 4.79 Å². The zero-order chi connectivity index (χ0) is 15.0. The van der Waals surface area contributed by atoms with Gasteiger partial charge in [-0.3, -0.25) is 0 Å². The van der Waals surface area contributed by atoms with E-state index >= 15 is 0 Å². The zero-order valence-electron chi connectivity index (χ0n) is 13.3. The molecule has 0 aromatic carbocycles. The molecule has 0 saturated carbocycles. The molecule has 118 valence electrons. The molecule has 0 spiro atoms. The molecular formula is C15H31N3O2. The van der Waals surface area contributed by atoms with Crippen LogP contribution in [0.15, 0.2) is 0 Å². The average Bonchev–Trinajstić information content (AvgIpc) is 2.35. The SMILES string of the molecule is CC(C)(C)OC(=O)NCCC1CCN(CCCN)CC1. The van der Waals surface area contributed by atoms with Crippen molar-refractivity contribution in [2.75, 3.05) is 32.7 Å². The van der Waals surface area contributed by atoms with Gasteiger partial charge in [-0.15, -0.1) is 0 Å². The number of hydrogen-bond donors (Lipinski definition) is 2. The first-order chi connectivity index (χ1) is 9.40. The number of carbonyl (C=O) groups excluding carboxylic acids is 1. The molecule has 1 rings (SSSR count). The normalized spacial score (nSPS) is 18.0. The topological polar surface area (TPSA) is 67.6 Å². The summed E-state index contributed by atoms with van der Waals surface area (Å²) in [4.78, 5) is 14.0. The van der Waals surface area contributed by atoms with Gasteiger partial charge in [-0.2, -0.15) is 0 Å². The van der Waals surface area contributed by atoms with Crippen molar-refractivity contribution in [3.8, 4) is 0 Å². The number of hydrogen-bond acceptors (Lipinski definition) is 4. The first kappa shape index (κ1) is 17.2. The molecule has 0 aromatic heterocycles. The lowest BCUT2D eigenvalue weighted by Gasteiger charge is -2.31. The number of nitrogens with two attached hydrogens (primary N) is 1. The van der Waals surface area contributed by atoms with E-state index in [1.54, 1.807) is 0 Å². The van der Waals surface area contributed by atoms with Gasteiger partial charge in [-0.1, -0.05) is 0 Å². The Morgan fingerprint density at radius 2 is 2.00 bits per heavy atom. The second-order valence-electron chi connectivity index (χ2n) is 6.64. The second-order valence-corrected chi connectivity index (χ2v) is 6.64. The van der Waals surface area contributed by atoms with E-state index in [1.807, 2.05) is 20.8 Å². The number of alkyl carbamates (subject to hydrolysis) is 1. The molecule has 0 atom stereocenters. The molecule has 1 fully saturated rings. The van der Waals surface area contributed by atoms with Crippen molar-refractivity contribution in [2.24, 2.45) is 11.7 Å². The van der Waals surface area contributed by atoms with Crippen molar-refractivity contribution in [1.29, 1.82) is 0 Å². The molecule has 0 unspecified atom stereocenters. The summed E-state index contributed by atoms with van der Waals surface area (Å²) in [5, 5.41) is 2.84. The highest BCUT2D eigenvalue weighted by Crippen LogP contribution is 2.20. The van der Waals surface area contributed by atoms with Crippen LogP contribution in [0.4, 0.5) is 4.79 Å². The summed E-state index contributed by atoms with van der Waals surface area (Å²) in [6.45, 7) is 10.6. The molecule has 0 aliphatic carbocycles. The number of nitrogens with zero attached hydrogens (tertiary/aromatic N) is 1. The number of piperidine rings is 1. The van der Waals surface area contributed by atoms with Crippen LogP contribution in [0.1, 0.15) is 46.5 Å². The Morgan fingerprint density at radius 3 is 2.55 bits per heavy atom. The minimum absolute atomic E-state index is 0.308. The van der Waals surface area contributed by atoms with Crippen molar-refractivity contribution in [1.82, 2.24) is 10.2 Å². The van der Waals surface area contributed by atoms with Gasteiger partial charge >= 0.3 is 6.09 Å². The van der Waals surface area contributed by atoms with Gasteiger partial charge in [0.15, 0.2) is 0 Å². The van der Waals surface area contributed by atoms with E-state index in [4.69, 9.17) is 10.5 Å². The molecule has 1 aliphatic heterocycles. The number of amides is 1. The van der Waals surface area contributed by atoms with Gasteiger partial charge in [-0.05, 0) is 78.6 Å². The molecule has 1 heterocycles. The van der Waals surface area contributed by atoms with Gasteiger partial charge < -0.3 is 20.7 Å². The summed E-state index contributed by atoms with van der Waals surface area (Å²) in [5.74, 6) is 0.721. The minimum Gasteiger partial charge on any atom is -0.444 e. The van der Waals surface area contributed by atoms with Gasteiger partial charge in [0.2, 0.25) is 0 Å². The molecule has 1 amide bonds. The van der Waals surface area contributed by atoms with Gasteiger partial charge in [0, 0.05) is 6.54 Å². The van der Waals surface area contributed by atoms with Gasteiger partial charge in [0.25, 0.3) is 0 Å². The fraction of sp³-hybridized carbons (Fsp3) is 0.933. The van der Waals surface area contributed by atoms with Crippen LogP contribution in [0.5, 0.6) is 0 Å². The first-order valence-electron chi connectivity index (χ1n) is 7.80. The van der Waals surface area contributed by atoms with Crippen molar-refractivity contribution >= 4 is 6.09 Å². The Hall–Kier alpha value is -0.810. The fourth-order valence-corrected chi connectivity index (χ4v) is 2.51. The monoisotopic (exact) mass is 285 g/mol. The Morgan fingerprint density at radius 1 is 1.35 bits per heavy atom. The molecule has 0 bridgehead atoms. The number of carbonyl (C=O) groups is 1. The quantitative estimate of drug-likeness (QED) is 0.783. The number of nitrogens with one attached hydrogen (secondary N) is 1. The van der Waals surface area contributed by atoms with Crippen LogP contribution in [-0.2, 0) is 4.74 Å². The van der Waals surface area contributed by atoms with Gasteiger partial charge in [0.05, 0.1) is 0 Å². The van der Waals surface area contributed by atoms with Crippen molar-refractivity contribution in [2.45, 2.75) is 52.1 Å². The van der Waals surface area contributed by atoms with Crippen LogP contribution in [0.3, 0.4) is 0 Å². The number of likely N-dealkylation sites (tertiary alicyclic amines) is 1. The van der Waals surface area contributed by atoms with Crippen LogP contribution in [0, 0.1) is 5.92 Å². The van der Waals surface area contributed by atoms with E-state index < -0.39 is 5.60 Å². The number of rotatable bonds is 6. The second kappa shape index (κ2) is 8.47. The molecule has 0 radical (unpaired) electrons. The third-order valence-electron chi connectivity index (χ3n) is 3.61. The predicted octanol–water partition coefficient (Wildman–Crippen LogP) is 1.96. The average molecular weight is 285 g/mol. The van der Waals surface area contributed by atoms with Crippen LogP contribution in [0.25, 0.3) is 0 Å². The smallest absolute Gasteiger partial charge is 0.407 e. The lowest BCUT2D eigenvalue weighted by atomic mass is 9.93. The molecule has 0 aromatic rings. The van der Waals surface area contributed by atoms with E-state index in [-0.39, 0.29) is 6.09 Å². The van der Waals surface area contributed by atoms with Crippen molar-refractivity contribution < 1.29 is 9.53 Å². The van der Waals surface area contributed by atoms with Crippen LogP contribution in [0.2, 0.25) is 0 Å². The number of ether oxygens (including phenoxy) is 1. The largest absolute Gasteiger partial charge is 0.444 e. The summed E-state index contributed by atoms with van der Waals surface area (Å²) in [5.41, 5.74) is 5.11. The maximum absolute atomic E-state index is 11.5. The van der Waals surface area contributed by atoms with E-state index in [0.29, 0.717) is 6.54 Å². The van der Waals surface area contributed by atoms with Crippen LogP contribution >= 0.6 is 0 Å². The molecule has 3 N–H and O–H groups in total. The molecule has 5 heteroatoms. The standard InChI is InChI=1S/C15H31N3O2/c1-15(2,3)20-14(19)17-9-5-13-6-11-18(12-7-13)10-4-8-16/h13H,4-12,16H2,1-3H3,(H,17,19). The van der Waals surface area contributed by atoms with E-state index in [1.165, 1.54) is 12.8 Å². The Kier molecular flexibility index (Phi) is 7.30. The molecule has 1 aliphatic rings. The highest BCUT2D eigenvalue weighted by Gasteiger charge is 2.19. The van der Waals surface area contributed by atoms with E-state index in [9.17, 15) is 4.79 Å². The van der Waals surface area contributed by atoms with Crippen LogP contribution < -0.4 is 11.1 Å². The Bertz CT molecular complexity index is 281. The lowest BCUT2D eigenvalue weighted by Crippen LogP contribution is -2.37. The molecule has 1 saturated heterocycles.